The molecule has 2 aromatic rings. The molecule has 90 valence electrons. The van der Waals surface area contributed by atoms with Crippen molar-refractivity contribution in [2.24, 2.45) is 0 Å². The summed E-state index contributed by atoms with van der Waals surface area (Å²) in [5.41, 5.74) is 3.76. The molecular weight excluding hydrogens is 263 g/mol. The summed E-state index contributed by atoms with van der Waals surface area (Å²) in [4.78, 5) is 3.47. The molecule has 0 amide bonds. The van der Waals surface area contributed by atoms with Crippen LogP contribution in [0.15, 0.2) is 5.38 Å². The van der Waals surface area contributed by atoms with Crippen molar-refractivity contribution in [1.82, 2.24) is 4.98 Å². The van der Waals surface area contributed by atoms with E-state index in [-0.39, 0.29) is 10.8 Å². The van der Waals surface area contributed by atoms with Gasteiger partial charge in [-0.3, -0.25) is 0 Å². The monoisotopic (exact) mass is 266 g/mol. The Balaban J connectivity index is 2.78. The second-order valence-electron chi connectivity index (χ2n) is 3.02. The van der Waals surface area contributed by atoms with E-state index in [4.69, 9.17) is 5.73 Å². The summed E-state index contributed by atoms with van der Waals surface area (Å²) in [6, 6.07) is 0. The number of nitrogens with two attached hydrogens (primary N) is 1. The smallest absolute Gasteiger partial charge is 0.200 e. The molecule has 0 bridgehead atoms. The third-order valence-electron chi connectivity index (χ3n) is 1.99. The standard InChI is InChI=1S/C9H3F5N2S/c10-4-3(2-1-17-9(15)16-2)5(11)7(13)8(14)6(4)12/h1H,(H2,15,16). The molecule has 0 aliphatic rings. The number of hydrogen-bond donors (Lipinski definition) is 1. The second kappa shape index (κ2) is 3.95. The minimum absolute atomic E-state index is 0.0380. The zero-order valence-electron chi connectivity index (χ0n) is 7.90. The van der Waals surface area contributed by atoms with Crippen LogP contribution in [0.25, 0.3) is 11.3 Å². The number of benzene rings is 1. The first-order chi connectivity index (χ1) is 7.93. The molecule has 1 aromatic carbocycles. The van der Waals surface area contributed by atoms with Gasteiger partial charge in [0.05, 0.1) is 11.3 Å². The fourth-order valence-corrected chi connectivity index (χ4v) is 1.79. The molecule has 0 aliphatic heterocycles. The second-order valence-corrected chi connectivity index (χ2v) is 3.91. The predicted molar refractivity (Wildman–Crippen MR) is 51.8 cm³/mol. The largest absolute Gasteiger partial charge is 0.375 e. The highest BCUT2D eigenvalue weighted by molar-refractivity contribution is 7.13. The molecule has 0 atom stereocenters. The first-order valence-corrected chi connectivity index (χ1v) is 5.04. The Kier molecular flexibility index (Phi) is 2.74. The van der Waals surface area contributed by atoms with E-state index in [0.29, 0.717) is 0 Å². The van der Waals surface area contributed by atoms with Crippen molar-refractivity contribution in [3.05, 3.63) is 34.5 Å². The minimum atomic E-state index is -2.20. The molecule has 0 fully saturated rings. The molecule has 0 spiro atoms. The summed E-state index contributed by atoms with van der Waals surface area (Å²) < 4.78 is 65.1. The molecule has 0 radical (unpaired) electrons. The summed E-state index contributed by atoms with van der Waals surface area (Å²) in [7, 11) is 0. The molecule has 17 heavy (non-hydrogen) atoms. The van der Waals surface area contributed by atoms with Crippen LogP contribution < -0.4 is 5.73 Å². The highest BCUT2D eigenvalue weighted by atomic mass is 32.1. The van der Waals surface area contributed by atoms with Crippen LogP contribution in [0.3, 0.4) is 0 Å². The highest BCUT2D eigenvalue weighted by Crippen LogP contribution is 2.32. The van der Waals surface area contributed by atoms with Gasteiger partial charge in [0, 0.05) is 5.38 Å². The molecule has 0 saturated heterocycles. The average molecular weight is 266 g/mol. The Morgan fingerprint density at radius 1 is 0.882 bits per heavy atom. The van der Waals surface area contributed by atoms with Gasteiger partial charge in [-0.2, -0.15) is 0 Å². The van der Waals surface area contributed by atoms with Crippen LogP contribution in [0.4, 0.5) is 27.1 Å². The van der Waals surface area contributed by atoms with Gasteiger partial charge in [-0.1, -0.05) is 0 Å². The van der Waals surface area contributed by atoms with Crippen molar-refractivity contribution in [3.63, 3.8) is 0 Å². The molecule has 2 nitrogen and oxygen atoms in total. The van der Waals surface area contributed by atoms with Gasteiger partial charge >= 0.3 is 0 Å². The van der Waals surface area contributed by atoms with Crippen molar-refractivity contribution in [3.8, 4) is 11.3 Å². The minimum Gasteiger partial charge on any atom is -0.375 e. The van der Waals surface area contributed by atoms with Crippen molar-refractivity contribution < 1.29 is 22.0 Å². The van der Waals surface area contributed by atoms with Gasteiger partial charge in [-0.15, -0.1) is 11.3 Å². The topological polar surface area (TPSA) is 38.9 Å². The van der Waals surface area contributed by atoms with Crippen LogP contribution in [0.5, 0.6) is 0 Å². The van der Waals surface area contributed by atoms with E-state index in [1.807, 2.05) is 0 Å². The lowest BCUT2D eigenvalue weighted by Crippen LogP contribution is -2.04. The Morgan fingerprint density at radius 2 is 1.35 bits per heavy atom. The van der Waals surface area contributed by atoms with Crippen LogP contribution in [0.1, 0.15) is 0 Å². The highest BCUT2D eigenvalue weighted by Gasteiger charge is 2.27. The molecule has 2 rings (SSSR count). The Hall–Kier alpha value is -1.70. The molecule has 1 aromatic heterocycles. The van der Waals surface area contributed by atoms with E-state index in [1.165, 1.54) is 0 Å². The zero-order valence-corrected chi connectivity index (χ0v) is 8.72. The van der Waals surface area contributed by atoms with Crippen LogP contribution in [-0.4, -0.2) is 4.98 Å². The maximum Gasteiger partial charge on any atom is 0.200 e. The molecular formula is C9H3F5N2S. The van der Waals surface area contributed by atoms with E-state index < -0.39 is 34.6 Å². The van der Waals surface area contributed by atoms with Crippen LogP contribution in [-0.2, 0) is 0 Å². The Labute approximate surface area is 95.5 Å². The maximum atomic E-state index is 13.3. The number of halogens is 5. The first kappa shape index (κ1) is 11.8. The fourth-order valence-electron chi connectivity index (χ4n) is 1.23. The van der Waals surface area contributed by atoms with Crippen molar-refractivity contribution in [2.45, 2.75) is 0 Å². The normalized spacial score (nSPS) is 10.9. The third kappa shape index (κ3) is 1.74. The van der Waals surface area contributed by atoms with E-state index in [0.717, 1.165) is 16.7 Å². The summed E-state index contributed by atoms with van der Waals surface area (Å²) >= 11 is 0.827. The van der Waals surface area contributed by atoms with Gasteiger partial charge in [0.2, 0.25) is 5.82 Å². The van der Waals surface area contributed by atoms with Gasteiger partial charge in [-0.25, -0.2) is 26.9 Å². The van der Waals surface area contributed by atoms with Crippen LogP contribution in [0.2, 0.25) is 0 Å². The Bertz CT molecular complexity index is 566. The summed E-state index contributed by atoms with van der Waals surface area (Å²) in [5, 5.41) is 1.07. The molecule has 2 N–H and O–H groups in total. The predicted octanol–water partition coefficient (Wildman–Crippen LogP) is 3.09. The first-order valence-electron chi connectivity index (χ1n) is 4.16. The third-order valence-corrected chi connectivity index (χ3v) is 2.66. The number of anilines is 1. The summed E-state index contributed by atoms with van der Waals surface area (Å²) in [5.74, 6) is -10.1. The van der Waals surface area contributed by atoms with Gasteiger partial charge < -0.3 is 5.73 Å². The van der Waals surface area contributed by atoms with Gasteiger partial charge in [0.25, 0.3) is 0 Å². The maximum absolute atomic E-state index is 13.3. The van der Waals surface area contributed by atoms with E-state index in [1.54, 1.807) is 0 Å². The lowest BCUT2D eigenvalue weighted by Gasteiger charge is -2.05. The number of rotatable bonds is 1. The van der Waals surface area contributed by atoms with Crippen molar-refractivity contribution in [2.75, 3.05) is 5.73 Å². The molecule has 8 heteroatoms. The van der Waals surface area contributed by atoms with E-state index >= 15 is 0 Å². The summed E-state index contributed by atoms with van der Waals surface area (Å²) in [6.45, 7) is 0. The number of hydrogen-bond acceptors (Lipinski definition) is 3. The quantitative estimate of drug-likeness (QED) is 0.489. The van der Waals surface area contributed by atoms with Gasteiger partial charge in [-0.05, 0) is 0 Å². The lowest BCUT2D eigenvalue weighted by atomic mass is 10.1. The number of nitrogen functional groups attached to an aromatic ring is 1. The van der Waals surface area contributed by atoms with E-state index in [2.05, 4.69) is 4.98 Å². The molecule has 1 heterocycles. The molecule has 0 unspecified atom stereocenters. The summed E-state index contributed by atoms with van der Waals surface area (Å²) in [6.07, 6.45) is 0. The SMILES string of the molecule is Nc1nc(-c2c(F)c(F)c(F)c(F)c2F)cs1. The number of nitrogens with zero attached hydrogens (tertiary/aromatic N) is 1. The Morgan fingerprint density at radius 3 is 1.76 bits per heavy atom. The van der Waals surface area contributed by atoms with Crippen LogP contribution in [0, 0.1) is 29.1 Å². The average Bonchev–Trinajstić information content (AvgIpc) is 2.71. The van der Waals surface area contributed by atoms with Crippen LogP contribution >= 0.6 is 11.3 Å². The zero-order chi connectivity index (χ0) is 12.7. The van der Waals surface area contributed by atoms with Crippen molar-refractivity contribution >= 4 is 16.5 Å². The van der Waals surface area contributed by atoms with Gasteiger partial charge in [0.1, 0.15) is 0 Å². The number of thiazole rings is 1. The molecule has 0 aliphatic carbocycles. The number of aromatic nitrogens is 1. The fraction of sp³-hybridized carbons (Fsp3) is 0. The van der Waals surface area contributed by atoms with E-state index in [9.17, 15) is 22.0 Å². The molecule has 0 saturated carbocycles. The lowest BCUT2D eigenvalue weighted by molar-refractivity contribution is 0.381. The van der Waals surface area contributed by atoms with Crippen molar-refractivity contribution in [1.29, 1.82) is 0 Å². The van der Waals surface area contributed by atoms with Gasteiger partial charge in [0.15, 0.2) is 28.4 Å².